The Morgan fingerprint density at radius 1 is 1.02 bits per heavy atom. The Morgan fingerprint density at radius 2 is 1.78 bits per heavy atom. The number of ether oxygens (including phenoxy) is 3. The Balaban J connectivity index is 1.23. The molecule has 5 rings (SSSR count). The van der Waals surface area contributed by atoms with Gasteiger partial charge in [-0.05, 0) is 60.2 Å². The maximum atomic E-state index is 13.1. The van der Waals surface area contributed by atoms with Crippen LogP contribution >= 0.6 is 11.8 Å². The van der Waals surface area contributed by atoms with Crippen LogP contribution in [-0.2, 0) is 20.9 Å². The fraction of sp³-hybridized carbons (Fsp3) is 0.258. The Labute approximate surface area is 243 Å². The van der Waals surface area contributed by atoms with E-state index in [1.807, 2.05) is 49.4 Å². The van der Waals surface area contributed by atoms with Crippen LogP contribution in [-0.4, -0.2) is 61.9 Å². The smallest absolute Gasteiger partial charge is 0.294 e. The molecule has 0 saturated carbocycles. The normalized spacial score (nSPS) is 16.3. The van der Waals surface area contributed by atoms with Gasteiger partial charge in [-0.2, -0.15) is 0 Å². The highest BCUT2D eigenvalue weighted by molar-refractivity contribution is 8.18. The molecule has 212 valence electrons. The summed E-state index contributed by atoms with van der Waals surface area (Å²) in [5.41, 5.74) is 4.37. The number of hydrogen-bond donors (Lipinski definition) is 1. The predicted octanol–water partition coefficient (Wildman–Crippen LogP) is 5.09. The van der Waals surface area contributed by atoms with Crippen molar-refractivity contribution in [2.24, 2.45) is 0 Å². The fourth-order valence-electron chi connectivity index (χ4n) is 4.52. The second-order valence-corrected chi connectivity index (χ2v) is 10.6. The quantitative estimate of drug-likeness (QED) is 0.354. The Kier molecular flexibility index (Phi) is 8.91. The number of rotatable bonds is 9. The van der Waals surface area contributed by atoms with Gasteiger partial charge in [0.15, 0.2) is 11.5 Å². The summed E-state index contributed by atoms with van der Waals surface area (Å²) in [6.45, 7) is 4.68. The molecule has 1 N–H and O–H groups in total. The van der Waals surface area contributed by atoms with E-state index in [0.29, 0.717) is 55.7 Å². The maximum Gasteiger partial charge on any atom is 0.294 e. The molecule has 41 heavy (non-hydrogen) atoms. The summed E-state index contributed by atoms with van der Waals surface area (Å²) in [5.74, 6) is 0.0945. The summed E-state index contributed by atoms with van der Waals surface area (Å²) in [7, 11) is 1.54. The zero-order chi connectivity index (χ0) is 28.8. The molecule has 3 aromatic rings. The van der Waals surface area contributed by atoms with Crippen molar-refractivity contribution in [2.45, 2.75) is 13.5 Å². The minimum atomic E-state index is -0.518. The van der Waals surface area contributed by atoms with Crippen molar-refractivity contribution in [3.8, 4) is 11.5 Å². The molecular weight excluding hydrogens is 542 g/mol. The molecular formula is C31H31N3O6S. The summed E-state index contributed by atoms with van der Waals surface area (Å²) in [6.07, 6.45) is 1.61. The molecule has 3 amide bonds. The molecule has 9 nitrogen and oxygen atoms in total. The third kappa shape index (κ3) is 6.90. The summed E-state index contributed by atoms with van der Waals surface area (Å²) in [5, 5.41) is 2.36. The SMILES string of the molecule is COc1cc(/C=C2/SC(=O)N(CC(=O)Nc3ccccc3N3CCOCC3)C2=O)ccc1OCc1ccc(C)cc1. The zero-order valence-electron chi connectivity index (χ0n) is 22.9. The zero-order valence-corrected chi connectivity index (χ0v) is 23.7. The molecule has 3 aromatic carbocycles. The summed E-state index contributed by atoms with van der Waals surface area (Å²) in [6, 6.07) is 20.8. The highest BCUT2D eigenvalue weighted by atomic mass is 32.2. The lowest BCUT2D eigenvalue weighted by molar-refractivity contribution is -0.127. The Morgan fingerprint density at radius 3 is 2.54 bits per heavy atom. The van der Waals surface area contributed by atoms with Gasteiger partial charge in [-0.25, -0.2) is 0 Å². The minimum Gasteiger partial charge on any atom is -0.493 e. The topological polar surface area (TPSA) is 97.4 Å². The molecule has 0 spiro atoms. The molecule has 0 bridgehead atoms. The van der Waals surface area contributed by atoms with Crippen LogP contribution < -0.4 is 19.7 Å². The van der Waals surface area contributed by atoms with E-state index in [1.54, 1.807) is 37.5 Å². The second kappa shape index (κ2) is 12.9. The van der Waals surface area contributed by atoms with Crippen LogP contribution in [0.5, 0.6) is 11.5 Å². The third-order valence-corrected chi connectivity index (χ3v) is 7.61. The summed E-state index contributed by atoms with van der Waals surface area (Å²) < 4.78 is 16.9. The summed E-state index contributed by atoms with van der Waals surface area (Å²) in [4.78, 5) is 42.0. The van der Waals surface area contributed by atoms with Gasteiger partial charge < -0.3 is 24.4 Å². The standard InChI is InChI=1S/C31H31N3O6S/c1-21-7-9-22(10-8-21)20-40-26-12-11-23(17-27(26)38-2)18-28-30(36)34(31(37)41-28)19-29(35)32-24-5-3-4-6-25(24)33-13-15-39-16-14-33/h3-12,17-18H,13-16,19-20H2,1-2H3,(H,32,35)/b28-18+. The van der Waals surface area contributed by atoms with Crippen LogP contribution in [0.1, 0.15) is 16.7 Å². The van der Waals surface area contributed by atoms with E-state index < -0.39 is 17.1 Å². The molecule has 2 aliphatic heterocycles. The van der Waals surface area contributed by atoms with Gasteiger partial charge in [-0.1, -0.05) is 48.0 Å². The van der Waals surface area contributed by atoms with E-state index in [1.165, 1.54) is 5.56 Å². The molecule has 0 aromatic heterocycles. The van der Waals surface area contributed by atoms with Crippen molar-refractivity contribution in [1.82, 2.24) is 4.90 Å². The first-order chi connectivity index (χ1) is 19.9. The highest BCUT2D eigenvalue weighted by Gasteiger charge is 2.36. The number of carbonyl (C=O) groups is 3. The van der Waals surface area contributed by atoms with Gasteiger partial charge in [0.1, 0.15) is 13.2 Å². The first kappa shape index (κ1) is 28.3. The lowest BCUT2D eigenvalue weighted by atomic mass is 10.1. The highest BCUT2D eigenvalue weighted by Crippen LogP contribution is 2.35. The minimum absolute atomic E-state index is 0.229. The number of para-hydroxylation sites is 2. The van der Waals surface area contributed by atoms with Crippen LogP contribution in [0.2, 0.25) is 0 Å². The van der Waals surface area contributed by atoms with Gasteiger partial charge >= 0.3 is 0 Å². The number of nitrogens with one attached hydrogen (secondary N) is 1. The van der Waals surface area contributed by atoms with Crippen LogP contribution in [0.15, 0.2) is 71.6 Å². The first-order valence-corrected chi connectivity index (χ1v) is 14.1. The summed E-state index contributed by atoms with van der Waals surface area (Å²) >= 11 is 0.801. The van der Waals surface area contributed by atoms with E-state index in [-0.39, 0.29) is 11.4 Å². The van der Waals surface area contributed by atoms with Crippen molar-refractivity contribution < 1.29 is 28.6 Å². The predicted molar refractivity (Wildman–Crippen MR) is 159 cm³/mol. The maximum absolute atomic E-state index is 13.1. The third-order valence-electron chi connectivity index (χ3n) is 6.71. The number of morpholine rings is 1. The average Bonchev–Trinajstić information content (AvgIpc) is 3.25. The van der Waals surface area contributed by atoms with Gasteiger partial charge in [0, 0.05) is 13.1 Å². The number of thioether (sulfide) groups is 1. The van der Waals surface area contributed by atoms with Gasteiger partial charge in [0.05, 0.1) is 36.6 Å². The number of benzene rings is 3. The van der Waals surface area contributed by atoms with E-state index in [4.69, 9.17) is 14.2 Å². The van der Waals surface area contributed by atoms with Crippen LogP contribution in [0, 0.1) is 6.92 Å². The van der Waals surface area contributed by atoms with E-state index >= 15 is 0 Å². The van der Waals surface area contributed by atoms with Crippen LogP contribution in [0.25, 0.3) is 6.08 Å². The number of hydrogen-bond acceptors (Lipinski definition) is 8. The van der Waals surface area contributed by atoms with Gasteiger partial charge in [0.2, 0.25) is 5.91 Å². The average molecular weight is 574 g/mol. The van der Waals surface area contributed by atoms with Crippen molar-refractivity contribution >= 4 is 46.3 Å². The number of methoxy groups -OCH3 is 1. The van der Waals surface area contributed by atoms with Crippen molar-refractivity contribution in [3.05, 3.63) is 88.3 Å². The fourth-order valence-corrected chi connectivity index (χ4v) is 5.36. The lowest BCUT2D eigenvalue weighted by Crippen LogP contribution is -2.38. The Hall–Kier alpha value is -4.28. The van der Waals surface area contributed by atoms with Crippen LogP contribution in [0.3, 0.4) is 0 Å². The molecule has 0 atom stereocenters. The first-order valence-electron chi connectivity index (χ1n) is 13.2. The number of amides is 3. The molecule has 2 aliphatic rings. The molecule has 2 saturated heterocycles. The van der Waals surface area contributed by atoms with Crippen molar-refractivity contribution in [2.75, 3.05) is 50.2 Å². The van der Waals surface area contributed by atoms with Crippen molar-refractivity contribution in [3.63, 3.8) is 0 Å². The van der Waals surface area contributed by atoms with Gasteiger partial charge in [-0.3, -0.25) is 19.3 Å². The molecule has 2 heterocycles. The largest absolute Gasteiger partial charge is 0.493 e. The number of nitrogens with zero attached hydrogens (tertiary/aromatic N) is 2. The van der Waals surface area contributed by atoms with Crippen molar-refractivity contribution in [1.29, 1.82) is 0 Å². The molecule has 0 aliphatic carbocycles. The van der Waals surface area contributed by atoms with Crippen LogP contribution in [0.4, 0.5) is 16.2 Å². The molecule has 0 radical (unpaired) electrons. The van der Waals surface area contributed by atoms with E-state index in [0.717, 1.165) is 27.9 Å². The molecule has 10 heteroatoms. The Bertz CT molecular complexity index is 1470. The number of imide groups is 1. The van der Waals surface area contributed by atoms with Gasteiger partial charge in [-0.15, -0.1) is 0 Å². The number of aryl methyl sites for hydroxylation is 1. The lowest BCUT2D eigenvalue weighted by Gasteiger charge is -2.30. The second-order valence-electron chi connectivity index (χ2n) is 9.62. The number of anilines is 2. The number of carbonyl (C=O) groups excluding carboxylic acids is 3. The molecule has 0 unspecified atom stereocenters. The van der Waals surface area contributed by atoms with E-state index in [2.05, 4.69) is 10.2 Å². The van der Waals surface area contributed by atoms with E-state index in [9.17, 15) is 14.4 Å². The molecule has 2 fully saturated rings. The van der Waals surface area contributed by atoms with Gasteiger partial charge in [0.25, 0.3) is 11.1 Å². The monoisotopic (exact) mass is 573 g/mol.